The van der Waals surface area contributed by atoms with E-state index in [4.69, 9.17) is 5.73 Å². The number of rotatable bonds is 6. The third kappa shape index (κ3) is 4.54. The predicted molar refractivity (Wildman–Crippen MR) is 84.3 cm³/mol. The standard InChI is InChI=1S/C15H23N3O2S/c16-10-13-4-1-2-8-18(13)14(19)5-3-7-17-15(20)12-6-9-21-11-12/h6,9,11,13H,1-5,7-8,10,16H2,(H,17,20). The number of nitrogens with zero attached hydrogens (tertiary/aromatic N) is 1. The van der Waals surface area contributed by atoms with Crippen molar-refractivity contribution in [3.05, 3.63) is 22.4 Å². The summed E-state index contributed by atoms with van der Waals surface area (Å²) in [4.78, 5) is 25.9. The van der Waals surface area contributed by atoms with Crippen LogP contribution in [0.25, 0.3) is 0 Å². The van der Waals surface area contributed by atoms with Gasteiger partial charge in [0.05, 0.1) is 0 Å². The number of nitrogens with one attached hydrogen (secondary N) is 1. The lowest BCUT2D eigenvalue weighted by molar-refractivity contribution is -0.134. The highest BCUT2D eigenvalue weighted by Crippen LogP contribution is 2.17. The van der Waals surface area contributed by atoms with Crippen molar-refractivity contribution in [3.63, 3.8) is 0 Å². The summed E-state index contributed by atoms with van der Waals surface area (Å²) >= 11 is 1.50. The zero-order valence-corrected chi connectivity index (χ0v) is 13.0. The summed E-state index contributed by atoms with van der Waals surface area (Å²) in [6.45, 7) is 1.89. The van der Waals surface area contributed by atoms with Crippen LogP contribution in [-0.4, -0.2) is 42.4 Å². The van der Waals surface area contributed by atoms with Gasteiger partial charge >= 0.3 is 0 Å². The number of amides is 2. The molecular formula is C15H23N3O2S. The van der Waals surface area contributed by atoms with Crippen LogP contribution in [0.15, 0.2) is 16.8 Å². The molecule has 1 atom stereocenters. The van der Waals surface area contributed by atoms with Crippen molar-refractivity contribution in [2.75, 3.05) is 19.6 Å². The summed E-state index contributed by atoms with van der Waals surface area (Å²) in [5.74, 6) is 0.0939. The molecule has 0 bridgehead atoms. The lowest BCUT2D eigenvalue weighted by Crippen LogP contribution is -2.47. The first-order valence-corrected chi connectivity index (χ1v) is 8.46. The van der Waals surface area contributed by atoms with Crippen LogP contribution in [0.5, 0.6) is 0 Å². The molecule has 21 heavy (non-hydrogen) atoms. The highest BCUT2D eigenvalue weighted by Gasteiger charge is 2.24. The van der Waals surface area contributed by atoms with Crippen molar-refractivity contribution in [2.24, 2.45) is 5.73 Å². The first-order valence-electron chi connectivity index (χ1n) is 7.52. The van der Waals surface area contributed by atoms with Crippen molar-refractivity contribution in [1.29, 1.82) is 0 Å². The van der Waals surface area contributed by atoms with Gasteiger partial charge in [0.2, 0.25) is 5.91 Å². The van der Waals surface area contributed by atoms with Crippen LogP contribution >= 0.6 is 11.3 Å². The molecule has 3 N–H and O–H groups in total. The fourth-order valence-corrected chi connectivity index (χ4v) is 3.29. The van der Waals surface area contributed by atoms with Crippen LogP contribution in [0, 0.1) is 0 Å². The van der Waals surface area contributed by atoms with Gasteiger partial charge in [-0.25, -0.2) is 0 Å². The van der Waals surface area contributed by atoms with E-state index >= 15 is 0 Å². The van der Waals surface area contributed by atoms with Crippen LogP contribution in [0.1, 0.15) is 42.5 Å². The predicted octanol–water partition coefficient (Wildman–Crippen LogP) is 1.60. The minimum absolute atomic E-state index is 0.0680. The van der Waals surface area contributed by atoms with E-state index in [0.717, 1.165) is 25.8 Å². The Morgan fingerprint density at radius 2 is 2.29 bits per heavy atom. The van der Waals surface area contributed by atoms with Crippen molar-refractivity contribution in [2.45, 2.75) is 38.1 Å². The first-order chi connectivity index (χ1) is 10.2. The second-order valence-corrected chi connectivity index (χ2v) is 6.12. The number of hydrogen-bond donors (Lipinski definition) is 2. The maximum atomic E-state index is 12.2. The van der Waals surface area contributed by atoms with E-state index in [1.165, 1.54) is 11.3 Å². The molecule has 1 aliphatic heterocycles. The Morgan fingerprint density at radius 1 is 1.43 bits per heavy atom. The highest BCUT2D eigenvalue weighted by molar-refractivity contribution is 7.08. The third-order valence-electron chi connectivity index (χ3n) is 3.86. The molecular weight excluding hydrogens is 286 g/mol. The van der Waals surface area contributed by atoms with E-state index in [2.05, 4.69) is 5.32 Å². The lowest BCUT2D eigenvalue weighted by Gasteiger charge is -2.35. The maximum Gasteiger partial charge on any atom is 0.252 e. The van der Waals surface area contributed by atoms with Crippen molar-refractivity contribution >= 4 is 23.2 Å². The van der Waals surface area contributed by atoms with Crippen molar-refractivity contribution in [3.8, 4) is 0 Å². The monoisotopic (exact) mass is 309 g/mol. The largest absolute Gasteiger partial charge is 0.352 e. The fourth-order valence-electron chi connectivity index (χ4n) is 2.65. The van der Waals surface area contributed by atoms with Crippen LogP contribution < -0.4 is 11.1 Å². The van der Waals surface area contributed by atoms with Crippen molar-refractivity contribution in [1.82, 2.24) is 10.2 Å². The molecule has 1 saturated heterocycles. The van der Waals surface area contributed by atoms with E-state index in [1.54, 1.807) is 6.07 Å². The Labute approximate surface area is 129 Å². The van der Waals surface area contributed by atoms with Gasteiger partial charge in [0.15, 0.2) is 0 Å². The van der Waals surface area contributed by atoms with Crippen LogP contribution in [0.3, 0.4) is 0 Å². The van der Waals surface area contributed by atoms with Gasteiger partial charge in [0.25, 0.3) is 5.91 Å². The van der Waals surface area contributed by atoms with E-state index in [0.29, 0.717) is 31.5 Å². The van der Waals surface area contributed by atoms with Crippen molar-refractivity contribution < 1.29 is 9.59 Å². The summed E-state index contributed by atoms with van der Waals surface area (Å²) in [5, 5.41) is 6.54. The van der Waals surface area contributed by atoms with Gasteiger partial charge in [-0.15, -0.1) is 0 Å². The quantitative estimate of drug-likeness (QED) is 0.784. The van der Waals surface area contributed by atoms with E-state index in [9.17, 15) is 9.59 Å². The van der Waals surface area contributed by atoms with Crippen LogP contribution in [0.2, 0.25) is 0 Å². The molecule has 0 saturated carbocycles. The molecule has 0 aromatic carbocycles. The maximum absolute atomic E-state index is 12.2. The van der Waals surface area contributed by atoms with E-state index in [1.807, 2.05) is 15.7 Å². The van der Waals surface area contributed by atoms with Gasteiger partial charge in [-0.1, -0.05) is 0 Å². The fraction of sp³-hybridized carbons (Fsp3) is 0.600. The van der Waals surface area contributed by atoms with E-state index < -0.39 is 0 Å². The van der Waals surface area contributed by atoms with Gasteiger partial charge in [-0.3, -0.25) is 9.59 Å². The van der Waals surface area contributed by atoms with Crippen LogP contribution in [0.4, 0.5) is 0 Å². The Kier molecular flexibility index (Phi) is 6.20. The van der Waals surface area contributed by atoms with Gasteiger partial charge in [-0.05, 0) is 37.1 Å². The molecule has 2 rings (SSSR count). The molecule has 2 amide bonds. The number of likely N-dealkylation sites (tertiary alicyclic amines) is 1. The average molecular weight is 309 g/mol. The molecule has 116 valence electrons. The molecule has 5 nitrogen and oxygen atoms in total. The number of thiophene rings is 1. The van der Waals surface area contributed by atoms with Gasteiger partial charge < -0.3 is 16.0 Å². The number of piperidine rings is 1. The minimum Gasteiger partial charge on any atom is -0.352 e. The van der Waals surface area contributed by atoms with Gasteiger partial charge in [0.1, 0.15) is 0 Å². The smallest absolute Gasteiger partial charge is 0.252 e. The molecule has 6 heteroatoms. The first kappa shape index (κ1) is 16.0. The minimum atomic E-state index is -0.0680. The summed E-state index contributed by atoms with van der Waals surface area (Å²) < 4.78 is 0. The topological polar surface area (TPSA) is 75.4 Å². The zero-order valence-electron chi connectivity index (χ0n) is 12.2. The number of nitrogens with two attached hydrogens (primary N) is 1. The van der Waals surface area contributed by atoms with Gasteiger partial charge in [-0.2, -0.15) is 11.3 Å². The molecule has 0 spiro atoms. The normalized spacial score (nSPS) is 18.5. The molecule has 1 aromatic rings. The average Bonchev–Trinajstić information content (AvgIpc) is 3.05. The summed E-state index contributed by atoms with van der Waals surface area (Å²) in [5.41, 5.74) is 6.42. The number of carbonyl (C=O) groups excluding carboxylic acids is 2. The molecule has 2 heterocycles. The third-order valence-corrected chi connectivity index (χ3v) is 4.54. The summed E-state index contributed by atoms with van der Waals surface area (Å²) in [7, 11) is 0. The zero-order chi connectivity index (χ0) is 15.1. The second kappa shape index (κ2) is 8.14. The molecule has 0 aliphatic carbocycles. The number of carbonyl (C=O) groups is 2. The molecule has 1 aliphatic rings. The molecule has 1 fully saturated rings. The summed E-state index contributed by atoms with van der Waals surface area (Å²) in [6.07, 6.45) is 4.37. The van der Waals surface area contributed by atoms with Crippen LogP contribution in [-0.2, 0) is 4.79 Å². The Hall–Kier alpha value is -1.40. The molecule has 0 radical (unpaired) electrons. The number of hydrogen-bond acceptors (Lipinski definition) is 4. The highest BCUT2D eigenvalue weighted by atomic mass is 32.1. The SMILES string of the molecule is NCC1CCCCN1C(=O)CCCNC(=O)c1ccsc1. The second-order valence-electron chi connectivity index (χ2n) is 5.34. The molecule has 1 aromatic heterocycles. The van der Waals surface area contributed by atoms with Gasteiger partial charge in [0, 0.05) is 43.0 Å². The van der Waals surface area contributed by atoms with E-state index in [-0.39, 0.29) is 17.9 Å². The molecule has 1 unspecified atom stereocenters. The summed E-state index contributed by atoms with van der Waals surface area (Å²) in [6, 6.07) is 2.00. The Morgan fingerprint density at radius 3 is 3.00 bits per heavy atom. The Bertz CT molecular complexity index is 461. The Balaban J connectivity index is 1.68. The lowest BCUT2D eigenvalue weighted by atomic mass is 10.0.